The number of carbonyl (C=O) groups is 1. The Morgan fingerprint density at radius 2 is 1.73 bits per heavy atom. The molecule has 0 aliphatic heterocycles. The summed E-state index contributed by atoms with van der Waals surface area (Å²) in [6.07, 6.45) is 6.32. The van der Waals surface area contributed by atoms with Gasteiger partial charge in [0.1, 0.15) is 11.4 Å². The van der Waals surface area contributed by atoms with E-state index in [4.69, 9.17) is 18.9 Å². The SMILES string of the molecule is CCOC(=O)COc1cccc(C[C@@H]2CCCC=C2c2nc(-c3ccccc3)c(-c3ccccc3)o2)c1. The van der Waals surface area contributed by atoms with Gasteiger partial charge in [-0.05, 0) is 56.2 Å². The molecule has 5 nitrogen and oxygen atoms in total. The Balaban J connectivity index is 1.41. The summed E-state index contributed by atoms with van der Waals surface area (Å²) in [7, 11) is 0. The van der Waals surface area contributed by atoms with Crippen molar-refractivity contribution in [3.8, 4) is 28.3 Å². The molecular weight excluding hydrogens is 462 g/mol. The zero-order chi connectivity index (χ0) is 25.5. The third-order valence-corrected chi connectivity index (χ3v) is 6.56. The monoisotopic (exact) mass is 493 g/mol. The van der Waals surface area contributed by atoms with Crippen molar-refractivity contribution in [3.05, 3.63) is 102 Å². The summed E-state index contributed by atoms with van der Waals surface area (Å²) in [5.41, 5.74) is 5.22. The lowest BCUT2D eigenvalue weighted by molar-refractivity contribution is -0.145. The van der Waals surface area contributed by atoms with Gasteiger partial charge in [0.15, 0.2) is 12.4 Å². The molecule has 0 saturated heterocycles. The zero-order valence-corrected chi connectivity index (χ0v) is 21.1. The van der Waals surface area contributed by atoms with Crippen molar-refractivity contribution in [2.45, 2.75) is 32.6 Å². The highest BCUT2D eigenvalue weighted by atomic mass is 16.6. The highest BCUT2D eigenvalue weighted by molar-refractivity contribution is 5.79. The number of ether oxygens (including phenoxy) is 2. The highest BCUT2D eigenvalue weighted by Gasteiger charge is 2.26. The standard InChI is InChI=1S/C32H31NO4/c1-2-35-29(34)22-36-27-18-11-12-23(21-27)20-26-17-9-10-19-28(26)32-33-30(24-13-5-3-6-14-24)31(37-32)25-15-7-4-8-16-25/h3-8,11-16,18-19,21,26H,2,9-10,17,20,22H2,1H3/t26-/m0/s1. The van der Waals surface area contributed by atoms with Gasteiger partial charge in [-0.2, -0.15) is 0 Å². The van der Waals surface area contributed by atoms with Crippen LogP contribution in [0.15, 0.2) is 95.4 Å². The first kappa shape index (κ1) is 24.6. The van der Waals surface area contributed by atoms with E-state index in [1.54, 1.807) is 6.92 Å². The lowest BCUT2D eigenvalue weighted by atomic mass is 9.83. The number of hydrogen-bond acceptors (Lipinski definition) is 5. The Bertz CT molecular complexity index is 1300. The van der Waals surface area contributed by atoms with Crippen LogP contribution in [0.25, 0.3) is 28.2 Å². The first-order chi connectivity index (χ1) is 18.2. The van der Waals surface area contributed by atoms with E-state index < -0.39 is 0 Å². The van der Waals surface area contributed by atoms with Crippen molar-refractivity contribution in [2.75, 3.05) is 13.2 Å². The summed E-state index contributed by atoms with van der Waals surface area (Å²) in [6.45, 7) is 2.04. The average Bonchev–Trinajstić information content (AvgIpc) is 3.39. The van der Waals surface area contributed by atoms with Gasteiger partial charge >= 0.3 is 5.97 Å². The lowest BCUT2D eigenvalue weighted by Crippen LogP contribution is -2.15. The van der Waals surface area contributed by atoms with Gasteiger partial charge in [-0.25, -0.2) is 9.78 Å². The summed E-state index contributed by atoms with van der Waals surface area (Å²) in [6, 6.07) is 28.3. The van der Waals surface area contributed by atoms with Gasteiger partial charge in [-0.15, -0.1) is 0 Å². The summed E-state index contributed by atoms with van der Waals surface area (Å²) in [4.78, 5) is 16.7. The number of oxazole rings is 1. The number of hydrogen-bond donors (Lipinski definition) is 0. The van der Waals surface area contributed by atoms with Crippen LogP contribution in [0.4, 0.5) is 0 Å². The quantitative estimate of drug-likeness (QED) is 0.228. The highest BCUT2D eigenvalue weighted by Crippen LogP contribution is 2.40. The van der Waals surface area contributed by atoms with Crippen molar-refractivity contribution in [1.29, 1.82) is 0 Å². The second-order valence-electron chi connectivity index (χ2n) is 9.16. The largest absolute Gasteiger partial charge is 0.482 e. The topological polar surface area (TPSA) is 61.6 Å². The minimum Gasteiger partial charge on any atom is -0.482 e. The molecule has 3 aromatic carbocycles. The van der Waals surface area contributed by atoms with Gasteiger partial charge in [0, 0.05) is 16.7 Å². The molecule has 1 aliphatic rings. The Labute approximate surface area is 217 Å². The van der Waals surface area contributed by atoms with E-state index >= 15 is 0 Å². The van der Waals surface area contributed by atoms with Crippen LogP contribution >= 0.6 is 0 Å². The van der Waals surface area contributed by atoms with E-state index in [0.717, 1.165) is 59.4 Å². The summed E-state index contributed by atoms with van der Waals surface area (Å²) >= 11 is 0. The van der Waals surface area contributed by atoms with Crippen LogP contribution in [0.2, 0.25) is 0 Å². The van der Waals surface area contributed by atoms with Crippen molar-refractivity contribution >= 4 is 11.5 Å². The maximum absolute atomic E-state index is 11.7. The van der Waals surface area contributed by atoms with Crippen LogP contribution in [0.3, 0.4) is 0 Å². The fraction of sp³-hybridized carbons (Fsp3) is 0.250. The van der Waals surface area contributed by atoms with Crippen LogP contribution in [0.5, 0.6) is 5.75 Å². The van der Waals surface area contributed by atoms with Gasteiger partial charge in [-0.1, -0.05) is 78.9 Å². The van der Waals surface area contributed by atoms with Crippen LogP contribution in [-0.4, -0.2) is 24.2 Å². The van der Waals surface area contributed by atoms with Crippen LogP contribution in [0.1, 0.15) is 37.6 Å². The molecule has 0 radical (unpaired) electrons. The minimum atomic E-state index is -0.363. The zero-order valence-electron chi connectivity index (χ0n) is 21.1. The number of esters is 1. The van der Waals surface area contributed by atoms with Crippen LogP contribution in [-0.2, 0) is 16.0 Å². The van der Waals surface area contributed by atoms with Gasteiger partial charge in [0.25, 0.3) is 0 Å². The number of rotatable bonds is 9. The number of allylic oxidation sites excluding steroid dienone is 2. The molecule has 5 heteroatoms. The maximum atomic E-state index is 11.7. The van der Waals surface area contributed by atoms with E-state index in [-0.39, 0.29) is 18.5 Å². The van der Waals surface area contributed by atoms with E-state index in [1.807, 2.05) is 54.6 Å². The Morgan fingerprint density at radius 3 is 2.49 bits per heavy atom. The Morgan fingerprint density at radius 1 is 0.973 bits per heavy atom. The number of benzene rings is 3. The summed E-state index contributed by atoms with van der Waals surface area (Å²) in [5.74, 6) is 2.07. The van der Waals surface area contributed by atoms with Gasteiger partial charge in [0.2, 0.25) is 5.89 Å². The predicted octanol–water partition coefficient (Wildman–Crippen LogP) is 7.38. The second-order valence-corrected chi connectivity index (χ2v) is 9.16. The molecule has 37 heavy (non-hydrogen) atoms. The van der Waals surface area contributed by atoms with E-state index in [0.29, 0.717) is 18.2 Å². The number of aromatic nitrogens is 1. The third kappa shape index (κ3) is 6.00. The molecule has 1 atom stereocenters. The summed E-state index contributed by atoms with van der Waals surface area (Å²) < 4.78 is 17.1. The molecule has 0 bridgehead atoms. The second kappa shape index (κ2) is 11.7. The van der Waals surface area contributed by atoms with Gasteiger partial charge in [-0.3, -0.25) is 0 Å². The lowest BCUT2D eigenvalue weighted by Gasteiger charge is -2.22. The number of carbonyl (C=O) groups excluding carboxylic acids is 1. The van der Waals surface area contributed by atoms with Crippen molar-refractivity contribution in [3.63, 3.8) is 0 Å². The molecule has 0 N–H and O–H groups in total. The van der Waals surface area contributed by atoms with E-state index in [1.165, 1.54) is 0 Å². The number of nitrogens with zero attached hydrogens (tertiary/aromatic N) is 1. The minimum absolute atomic E-state index is 0.0906. The maximum Gasteiger partial charge on any atom is 0.344 e. The fourth-order valence-electron chi connectivity index (χ4n) is 4.83. The molecule has 0 unspecified atom stereocenters. The fourth-order valence-corrected chi connectivity index (χ4v) is 4.83. The third-order valence-electron chi connectivity index (χ3n) is 6.56. The normalized spacial score (nSPS) is 15.2. The molecule has 1 aliphatic carbocycles. The molecule has 0 saturated carbocycles. The average molecular weight is 494 g/mol. The van der Waals surface area contributed by atoms with E-state index in [2.05, 4.69) is 36.4 Å². The predicted molar refractivity (Wildman–Crippen MR) is 145 cm³/mol. The van der Waals surface area contributed by atoms with Gasteiger partial charge < -0.3 is 13.9 Å². The molecule has 0 fully saturated rings. The summed E-state index contributed by atoms with van der Waals surface area (Å²) in [5, 5.41) is 0. The van der Waals surface area contributed by atoms with Crippen molar-refractivity contribution in [1.82, 2.24) is 4.98 Å². The smallest absolute Gasteiger partial charge is 0.344 e. The Hall–Kier alpha value is -4.12. The molecule has 1 heterocycles. The Kier molecular flexibility index (Phi) is 7.80. The first-order valence-electron chi connectivity index (χ1n) is 12.9. The molecule has 0 amide bonds. The molecule has 4 aromatic rings. The molecule has 0 spiro atoms. The molecule has 5 rings (SSSR count). The molecular formula is C32H31NO4. The molecule has 188 valence electrons. The van der Waals surface area contributed by atoms with Crippen molar-refractivity contribution in [2.24, 2.45) is 5.92 Å². The molecule has 1 aromatic heterocycles. The van der Waals surface area contributed by atoms with E-state index in [9.17, 15) is 4.79 Å². The van der Waals surface area contributed by atoms with Crippen LogP contribution in [0, 0.1) is 5.92 Å². The van der Waals surface area contributed by atoms with Gasteiger partial charge in [0.05, 0.1) is 6.61 Å². The van der Waals surface area contributed by atoms with Crippen molar-refractivity contribution < 1.29 is 18.7 Å². The van der Waals surface area contributed by atoms with Crippen LogP contribution < -0.4 is 4.74 Å². The first-order valence-corrected chi connectivity index (χ1v) is 12.9.